The third kappa shape index (κ3) is 4.09. The lowest BCUT2D eigenvalue weighted by atomic mass is 10.1. The Morgan fingerprint density at radius 1 is 1.36 bits per heavy atom. The minimum absolute atomic E-state index is 0.104. The quantitative estimate of drug-likeness (QED) is 0.357. The van der Waals surface area contributed by atoms with E-state index >= 15 is 0 Å². The molecule has 0 saturated heterocycles. The predicted octanol–water partition coefficient (Wildman–Crippen LogP) is 4.01. The third-order valence-electron chi connectivity index (χ3n) is 3.40. The van der Waals surface area contributed by atoms with Crippen molar-refractivity contribution < 1.29 is 18.8 Å². The third-order valence-corrected chi connectivity index (χ3v) is 4.73. The van der Waals surface area contributed by atoms with Gasteiger partial charge in [-0.15, -0.1) is 11.3 Å². The molecule has 25 heavy (non-hydrogen) atoms. The van der Waals surface area contributed by atoms with Crippen LogP contribution in [0.2, 0.25) is 0 Å². The summed E-state index contributed by atoms with van der Waals surface area (Å²) in [6.45, 7) is 3.65. The van der Waals surface area contributed by atoms with Crippen molar-refractivity contribution in [1.29, 1.82) is 0 Å². The lowest BCUT2D eigenvalue weighted by Gasteiger charge is -2.10. The van der Waals surface area contributed by atoms with E-state index in [9.17, 15) is 19.3 Å². The summed E-state index contributed by atoms with van der Waals surface area (Å²) in [6.07, 6.45) is 0. The van der Waals surface area contributed by atoms with Crippen LogP contribution < -0.4 is 10.6 Å². The lowest BCUT2D eigenvalue weighted by Crippen LogP contribution is -2.20. The number of ether oxygens (including phenoxy) is 1. The maximum absolute atomic E-state index is 13.4. The molecule has 0 fully saturated rings. The molecule has 0 spiro atoms. The Bertz CT molecular complexity index is 867. The molecule has 10 heteroatoms. The van der Waals surface area contributed by atoms with Gasteiger partial charge >= 0.3 is 11.7 Å². The molecule has 0 aliphatic rings. The van der Waals surface area contributed by atoms with Crippen LogP contribution in [0.1, 0.15) is 20.8 Å². The first-order chi connectivity index (χ1) is 11.7. The molecule has 1 aromatic carbocycles. The minimum Gasteiger partial charge on any atom is -0.465 e. The fourth-order valence-corrected chi connectivity index (χ4v) is 3.40. The second-order valence-electron chi connectivity index (χ2n) is 4.98. The van der Waals surface area contributed by atoms with Crippen molar-refractivity contribution in [3.8, 4) is 0 Å². The molecular weight excluding hydrogens is 369 g/mol. The van der Waals surface area contributed by atoms with E-state index in [-0.39, 0.29) is 10.8 Å². The molecule has 0 amide bonds. The molecule has 1 aromatic heterocycles. The number of hydrogen-bond acceptors (Lipinski definition) is 6. The van der Waals surface area contributed by atoms with Crippen LogP contribution in [0, 0.1) is 29.8 Å². The number of aryl methyl sites for hydroxylation is 1. The molecule has 0 radical (unpaired) electrons. The number of rotatable bonds is 4. The average molecular weight is 383 g/mol. The van der Waals surface area contributed by atoms with Gasteiger partial charge in [0.15, 0.2) is 5.11 Å². The van der Waals surface area contributed by atoms with E-state index in [1.807, 2.05) is 6.92 Å². The Kier molecular flexibility index (Phi) is 5.65. The summed E-state index contributed by atoms with van der Waals surface area (Å²) in [5.74, 6) is -1.43. The molecule has 132 valence electrons. The van der Waals surface area contributed by atoms with Crippen LogP contribution in [0.4, 0.5) is 20.8 Å². The van der Waals surface area contributed by atoms with Crippen molar-refractivity contribution in [2.45, 2.75) is 13.8 Å². The van der Waals surface area contributed by atoms with Gasteiger partial charge in [-0.3, -0.25) is 10.1 Å². The summed E-state index contributed by atoms with van der Waals surface area (Å²) in [5, 5.41) is 17.0. The number of methoxy groups -OCH3 is 1. The van der Waals surface area contributed by atoms with Crippen LogP contribution >= 0.6 is 23.6 Å². The summed E-state index contributed by atoms with van der Waals surface area (Å²) in [4.78, 5) is 22.8. The number of nitro benzene ring substituents is 1. The van der Waals surface area contributed by atoms with Gasteiger partial charge in [0.05, 0.1) is 17.6 Å². The lowest BCUT2D eigenvalue weighted by molar-refractivity contribution is -0.387. The van der Waals surface area contributed by atoms with Crippen LogP contribution in [0.5, 0.6) is 0 Å². The Labute approximate surface area is 152 Å². The van der Waals surface area contributed by atoms with Crippen LogP contribution in [0.25, 0.3) is 0 Å². The van der Waals surface area contributed by atoms with Crippen molar-refractivity contribution >= 4 is 51.0 Å². The number of thiophene rings is 1. The highest BCUT2D eigenvalue weighted by Crippen LogP contribution is 2.33. The minimum atomic E-state index is -0.938. The number of anilines is 2. The number of halogens is 1. The summed E-state index contributed by atoms with van der Waals surface area (Å²) in [5.41, 5.74) is 0.736. The number of esters is 1. The smallest absolute Gasteiger partial charge is 0.341 e. The molecule has 7 nitrogen and oxygen atoms in total. The summed E-state index contributed by atoms with van der Waals surface area (Å²) in [7, 11) is 1.28. The number of carbonyl (C=O) groups excluding carboxylic acids is 1. The zero-order valence-corrected chi connectivity index (χ0v) is 15.1. The normalized spacial score (nSPS) is 10.2. The monoisotopic (exact) mass is 383 g/mol. The van der Waals surface area contributed by atoms with Gasteiger partial charge in [-0.05, 0) is 43.8 Å². The van der Waals surface area contributed by atoms with E-state index in [1.165, 1.54) is 24.5 Å². The van der Waals surface area contributed by atoms with Crippen molar-refractivity contribution in [2.24, 2.45) is 0 Å². The van der Waals surface area contributed by atoms with E-state index in [4.69, 9.17) is 17.0 Å². The van der Waals surface area contributed by atoms with Crippen LogP contribution in [0.15, 0.2) is 18.2 Å². The van der Waals surface area contributed by atoms with Crippen LogP contribution in [0.3, 0.4) is 0 Å². The Morgan fingerprint density at radius 3 is 2.64 bits per heavy atom. The summed E-state index contributed by atoms with van der Waals surface area (Å²) >= 11 is 6.49. The van der Waals surface area contributed by atoms with E-state index in [2.05, 4.69) is 10.6 Å². The Morgan fingerprint density at radius 2 is 2.04 bits per heavy atom. The van der Waals surface area contributed by atoms with E-state index in [1.54, 1.807) is 6.92 Å². The van der Waals surface area contributed by atoms with Gasteiger partial charge in [0.25, 0.3) is 0 Å². The molecule has 0 aliphatic carbocycles. The number of nitro groups is 1. The second kappa shape index (κ2) is 7.53. The van der Waals surface area contributed by atoms with Gasteiger partial charge in [0.2, 0.25) is 5.82 Å². The average Bonchev–Trinajstić information content (AvgIpc) is 2.82. The zero-order valence-electron chi connectivity index (χ0n) is 13.5. The van der Waals surface area contributed by atoms with Gasteiger partial charge in [0.1, 0.15) is 5.00 Å². The van der Waals surface area contributed by atoms with Crippen LogP contribution in [-0.2, 0) is 4.74 Å². The maximum Gasteiger partial charge on any atom is 0.341 e. The van der Waals surface area contributed by atoms with Gasteiger partial charge in [0, 0.05) is 16.6 Å². The van der Waals surface area contributed by atoms with Crippen LogP contribution in [-0.4, -0.2) is 23.1 Å². The van der Waals surface area contributed by atoms with Crippen molar-refractivity contribution in [3.05, 3.63) is 50.1 Å². The second-order valence-corrected chi connectivity index (χ2v) is 6.61. The fourth-order valence-electron chi connectivity index (χ4n) is 2.06. The number of hydrogen-bond donors (Lipinski definition) is 2. The van der Waals surface area contributed by atoms with Crippen molar-refractivity contribution in [3.63, 3.8) is 0 Å². The highest BCUT2D eigenvalue weighted by Gasteiger charge is 2.21. The summed E-state index contributed by atoms with van der Waals surface area (Å²) in [6, 6.07) is 3.33. The first-order valence-electron chi connectivity index (χ1n) is 6.94. The number of nitrogens with one attached hydrogen (secondary N) is 2. The SMILES string of the molecule is COC(=O)c1c(NC(=S)Nc2ccc(F)c([N+](=O)[O-])c2)sc(C)c1C. The van der Waals surface area contributed by atoms with Gasteiger partial charge in [-0.1, -0.05) is 0 Å². The highest BCUT2D eigenvalue weighted by atomic mass is 32.1. The highest BCUT2D eigenvalue weighted by molar-refractivity contribution is 7.80. The topological polar surface area (TPSA) is 93.5 Å². The van der Waals surface area contributed by atoms with Gasteiger partial charge < -0.3 is 15.4 Å². The molecule has 0 atom stereocenters. The standard InChI is InChI=1S/C15H14FN3O4S2/c1-7-8(2)25-13(12(7)14(20)23-3)18-15(24)17-9-4-5-10(16)11(6-9)19(21)22/h4-6H,1-3H3,(H2,17,18,24). The zero-order chi connectivity index (χ0) is 18.7. The molecule has 0 aliphatic heterocycles. The van der Waals surface area contributed by atoms with E-state index in [0.717, 1.165) is 22.6 Å². The number of benzene rings is 1. The molecule has 1 heterocycles. The number of thiocarbonyl (C=S) groups is 1. The molecule has 2 N–H and O–H groups in total. The Hall–Kier alpha value is -2.59. The molecular formula is C15H14FN3O4S2. The van der Waals surface area contributed by atoms with Gasteiger partial charge in [-0.25, -0.2) is 4.79 Å². The molecule has 0 bridgehead atoms. The molecule has 2 rings (SSSR count). The maximum atomic E-state index is 13.4. The summed E-state index contributed by atoms with van der Waals surface area (Å²) < 4.78 is 18.1. The van der Waals surface area contributed by atoms with E-state index < -0.39 is 22.4 Å². The van der Waals surface area contributed by atoms with Crippen molar-refractivity contribution in [1.82, 2.24) is 0 Å². The molecule has 2 aromatic rings. The number of carbonyl (C=O) groups is 1. The fraction of sp³-hybridized carbons (Fsp3) is 0.200. The predicted molar refractivity (Wildman–Crippen MR) is 98.0 cm³/mol. The first-order valence-corrected chi connectivity index (χ1v) is 8.17. The molecule has 0 unspecified atom stereocenters. The Balaban J connectivity index is 2.22. The van der Waals surface area contributed by atoms with Crippen molar-refractivity contribution in [2.75, 3.05) is 17.7 Å². The number of nitrogens with zero attached hydrogens (tertiary/aromatic N) is 1. The largest absolute Gasteiger partial charge is 0.465 e. The van der Waals surface area contributed by atoms with E-state index in [0.29, 0.717) is 10.6 Å². The molecule has 0 saturated carbocycles. The first kappa shape index (κ1) is 18.7. The van der Waals surface area contributed by atoms with Gasteiger partial charge in [-0.2, -0.15) is 4.39 Å².